The number of rotatable bonds is 8. The summed E-state index contributed by atoms with van der Waals surface area (Å²) in [5, 5.41) is 43.6. The molecule has 3 heterocycles. The van der Waals surface area contributed by atoms with E-state index in [0.717, 1.165) is 47.2 Å². The summed E-state index contributed by atoms with van der Waals surface area (Å²) in [6, 6.07) is 4.33. The molecular formula is C24H25F3N4O11. The highest BCUT2D eigenvalue weighted by Gasteiger charge is 2.51. The van der Waals surface area contributed by atoms with Crippen molar-refractivity contribution in [3.63, 3.8) is 0 Å². The van der Waals surface area contributed by atoms with Crippen molar-refractivity contribution in [1.29, 1.82) is 0 Å². The van der Waals surface area contributed by atoms with E-state index in [2.05, 4.69) is 5.32 Å². The summed E-state index contributed by atoms with van der Waals surface area (Å²) in [5.74, 6) is -4.28. The molecule has 1 aromatic heterocycles. The summed E-state index contributed by atoms with van der Waals surface area (Å²) in [6.07, 6.45) is -15.2. The number of halogens is 3. The number of H-pyrrole nitrogens is 1. The van der Waals surface area contributed by atoms with Crippen LogP contribution in [0.1, 0.15) is 11.8 Å². The molecule has 8 atom stereocenters. The standard InChI is InChI=1S/C24H25F3N4O11/c25-24(26,27)9-1-3-10(4-2-9)29-20(38)13-7-12(33)16(36)22(40-13)42-18(19(28)37)17-11(8-32)15(35)21(41-17)31-6-5-14(34)30-23(31)39/h1-7,11-12,15-18,21-22,32-33,35-36H,8H2,(H2,28,37)(H,29,38)(H,30,34,39)/t11-,12-,15+,16-,17-,18+,21+,22+/m0/s1. The number of nitrogens with one attached hydrogen (secondary N) is 2. The van der Waals surface area contributed by atoms with Gasteiger partial charge in [-0.3, -0.25) is 23.9 Å². The van der Waals surface area contributed by atoms with Gasteiger partial charge in [-0.25, -0.2) is 4.79 Å². The fourth-order valence-electron chi connectivity index (χ4n) is 4.39. The maximum absolute atomic E-state index is 12.8. The van der Waals surface area contributed by atoms with Crippen molar-refractivity contribution >= 4 is 17.5 Å². The number of hydrogen-bond donors (Lipinski definition) is 7. The Balaban J connectivity index is 1.52. The number of aromatic nitrogens is 2. The van der Waals surface area contributed by atoms with Gasteiger partial charge in [0, 0.05) is 23.9 Å². The Kier molecular flexibility index (Phi) is 8.85. The van der Waals surface area contributed by atoms with Crippen molar-refractivity contribution < 1.29 is 57.4 Å². The van der Waals surface area contributed by atoms with E-state index in [0.29, 0.717) is 0 Å². The molecule has 1 aromatic carbocycles. The van der Waals surface area contributed by atoms with Gasteiger partial charge in [0.15, 0.2) is 18.1 Å². The predicted octanol–water partition coefficient (Wildman–Crippen LogP) is -2.11. The number of nitrogens with two attached hydrogens (primary N) is 1. The van der Waals surface area contributed by atoms with Crippen molar-refractivity contribution in [2.24, 2.45) is 11.7 Å². The quantitative estimate of drug-likeness (QED) is 0.173. The first-order valence-corrected chi connectivity index (χ1v) is 12.1. The molecule has 0 bridgehead atoms. The highest BCUT2D eigenvalue weighted by atomic mass is 19.4. The molecule has 2 aromatic rings. The molecule has 0 radical (unpaired) electrons. The van der Waals surface area contributed by atoms with E-state index in [1.165, 1.54) is 0 Å². The van der Waals surface area contributed by atoms with Crippen LogP contribution in [0.3, 0.4) is 0 Å². The lowest BCUT2D eigenvalue weighted by Gasteiger charge is -2.35. The van der Waals surface area contributed by atoms with Crippen LogP contribution in [-0.2, 0) is 30.0 Å². The maximum Gasteiger partial charge on any atom is 0.416 e. The van der Waals surface area contributed by atoms with Crippen molar-refractivity contribution in [3.05, 3.63) is 74.8 Å². The number of aliphatic hydroxyl groups is 4. The van der Waals surface area contributed by atoms with E-state index in [9.17, 15) is 52.8 Å². The number of anilines is 1. The molecule has 15 nitrogen and oxygen atoms in total. The molecule has 0 aliphatic carbocycles. The molecule has 0 unspecified atom stereocenters. The number of ether oxygens (including phenoxy) is 3. The number of alkyl halides is 3. The van der Waals surface area contributed by atoms with Gasteiger partial charge in [-0.2, -0.15) is 13.2 Å². The Morgan fingerprint density at radius 3 is 2.36 bits per heavy atom. The van der Waals surface area contributed by atoms with Crippen LogP contribution in [0.15, 0.2) is 58.0 Å². The van der Waals surface area contributed by atoms with E-state index in [-0.39, 0.29) is 5.69 Å². The first-order valence-electron chi connectivity index (χ1n) is 12.1. The zero-order valence-electron chi connectivity index (χ0n) is 21.2. The van der Waals surface area contributed by atoms with Crippen LogP contribution in [0.5, 0.6) is 0 Å². The fraction of sp³-hybridized carbons (Fsp3) is 0.417. The molecule has 8 N–H and O–H groups in total. The van der Waals surface area contributed by atoms with Crippen LogP contribution in [-0.4, -0.2) is 85.2 Å². The monoisotopic (exact) mass is 602 g/mol. The van der Waals surface area contributed by atoms with Crippen molar-refractivity contribution in [2.75, 3.05) is 11.9 Å². The first kappa shape index (κ1) is 30.9. The lowest BCUT2D eigenvalue weighted by atomic mass is 9.94. The average molecular weight is 602 g/mol. The number of primary amides is 1. The SMILES string of the molecule is NC(=O)[C@H](O[C@H]1OC(C(=O)Nc2ccc(C(F)(F)F)cc2)=C[C@H](O)[C@@H]1O)[C@H]1O[C@@H](n2ccc(=O)[nH]c2=O)[C@H](O)[C@@H]1CO. The zero-order valence-corrected chi connectivity index (χ0v) is 21.2. The second-order valence-corrected chi connectivity index (χ2v) is 9.33. The summed E-state index contributed by atoms with van der Waals surface area (Å²) in [4.78, 5) is 50.7. The van der Waals surface area contributed by atoms with Crippen molar-refractivity contribution in [1.82, 2.24) is 9.55 Å². The highest BCUT2D eigenvalue weighted by Crippen LogP contribution is 2.37. The highest BCUT2D eigenvalue weighted by molar-refractivity contribution is 6.02. The number of nitrogens with zero attached hydrogens (tertiary/aromatic N) is 1. The third-order valence-electron chi connectivity index (χ3n) is 6.53. The third-order valence-corrected chi connectivity index (χ3v) is 6.53. The van der Waals surface area contributed by atoms with Crippen LogP contribution in [0.25, 0.3) is 0 Å². The fourth-order valence-corrected chi connectivity index (χ4v) is 4.39. The molecule has 1 saturated heterocycles. The second kappa shape index (κ2) is 12.0. The summed E-state index contributed by atoms with van der Waals surface area (Å²) in [5.41, 5.74) is 2.68. The van der Waals surface area contributed by atoms with Crippen LogP contribution >= 0.6 is 0 Å². The van der Waals surface area contributed by atoms with E-state index < -0.39 is 96.1 Å². The van der Waals surface area contributed by atoms with Gasteiger partial charge in [-0.1, -0.05) is 0 Å². The van der Waals surface area contributed by atoms with Crippen LogP contribution < -0.4 is 22.3 Å². The number of carbonyl (C=O) groups excluding carboxylic acids is 2. The largest absolute Gasteiger partial charge is 0.456 e. The van der Waals surface area contributed by atoms with Gasteiger partial charge in [-0.15, -0.1) is 0 Å². The predicted molar refractivity (Wildman–Crippen MR) is 131 cm³/mol. The number of carbonyl (C=O) groups is 2. The van der Waals surface area contributed by atoms with Crippen LogP contribution in [0, 0.1) is 5.92 Å². The Morgan fingerprint density at radius 1 is 1.12 bits per heavy atom. The molecule has 0 spiro atoms. The average Bonchev–Trinajstić information content (AvgIpc) is 3.24. The molecule has 1 fully saturated rings. The number of aromatic amines is 1. The lowest BCUT2D eigenvalue weighted by molar-refractivity contribution is -0.239. The normalized spacial score (nSPS) is 28.5. The molecule has 42 heavy (non-hydrogen) atoms. The minimum Gasteiger partial charge on any atom is -0.456 e. The number of amides is 2. The molecule has 2 amide bonds. The van der Waals surface area contributed by atoms with E-state index in [1.807, 2.05) is 4.98 Å². The third kappa shape index (κ3) is 6.37. The Labute approximate surface area is 232 Å². The molecule has 2 aliphatic rings. The maximum atomic E-state index is 12.8. The Bertz CT molecular complexity index is 1460. The van der Waals surface area contributed by atoms with Crippen LogP contribution in [0.4, 0.5) is 18.9 Å². The minimum absolute atomic E-state index is 0.0757. The lowest BCUT2D eigenvalue weighted by Crippen LogP contribution is -2.52. The van der Waals surface area contributed by atoms with E-state index in [1.54, 1.807) is 0 Å². The van der Waals surface area contributed by atoms with Crippen molar-refractivity contribution in [3.8, 4) is 0 Å². The topological polar surface area (TPSA) is 236 Å². The molecule has 0 saturated carbocycles. The van der Waals surface area contributed by atoms with E-state index >= 15 is 0 Å². The van der Waals surface area contributed by atoms with Gasteiger partial charge in [0.1, 0.15) is 24.4 Å². The Hall–Kier alpha value is -4.07. The van der Waals surface area contributed by atoms with Gasteiger partial charge in [0.2, 0.25) is 12.2 Å². The Morgan fingerprint density at radius 2 is 1.79 bits per heavy atom. The van der Waals surface area contributed by atoms with Gasteiger partial charge in [0.25, 0.3) is 11.5 Å². The molecule has 4 rings (SSSR count). The summed E-state index contributed by atoms with van der Waals surface area (Å²) in [7, 11) is 0. The number of hydrogen-bond acceptors (Lipinski definition) is 11. The first-order chi connectivity index (χ1) is 19.7. The minimum atomic E-state index is -4.61. The van der Waals surface area contributed by atoms with Gasteiger partial charge >= 0.3 is 11.9 Å². The van der Waals surface area contributed by atoms with Gasteiger partial charge in [-0.05, 0) is 30.3 Å². The molecule has 2 aliphatic heterocycles. The summed E-state index contributed by atoms with van der Waals surface area (Å²) in [6.45, 7) is -0.815. The zero-order chi connectivity index (χ0) is 30.9. The smallest absolute Gasteiger partial charge is 0.416 e. The summed E-state index contributed by atoms with van der Waals surface area (Å²) >= 11 is 0. The van der Waals surface area contributed by atoms with Gasteiger partial charge in [0.05, 0.1) is 12.2 Å². The molecule has 18 heteroatoms. The summed E-state index contributed by atoms with van der Waals surface area (Å²) < 4.78 is 55.6. The van der Waals surface area contributed by atoms with E-state index in [4.69, 9.17) is 19.9 Å². The van der Waals surface area contributed by atoms with Crippen molar-refractivity contribution in [2.45, 2.75) is 49.2 Å². The second-order valence-electron chi connectivity index (χ2n) is 9.33. The number of aliphatic hydroxyl groups excluding tert-OH is 4. The molecule has 228 valence electrons. The van der Waals surface area contributed by atoms with Gasteiger partial charge < -0.3 is 45.7 Å². The number of benzene rings is 1. The molecular weight excluding hydrogens is 577 g/mol. The van der Waals surface area contributed by atoms with Crippen LogP contribution in [0.2, 0.25) is 0 Å².